The summed E-state index contributed by atoms with van der Waals surface area (Å²) in [5.41, 5.74) is 6.05. The van der Waals surface area contributed by atoms with Gasteiger partial charge in [0.05, 0.1) is 11.6 Å². The summed E-state index contributed by atoms with van der Waals surface area (Å²) in [5, 5.41) is 0. The molecule has 0 spiro atoms. The van der Waals surface area contributed by atoms with E-state index in [0.29, 0.717) is 15.8 Å². The Morgan fingerprint density at radius 1 is 1.58 bits per heavy atom. The van der Waals surface area contributed by atoms with Gasteiger partial charge in [-0.15, -0.1) is 0 Å². The molecule has 0 heterocycles. The van der Waals surface area contributed by atoms with E-state index in [1.807, 2.05) is 0 Å². The second-order valence-electron chi connectivity index (χ2n) is 2.28. The summed E-state index contributed by atoms with van der Waals surface area (Å²) in [4.78, 5) is 0. The number of halogens is 2. The van der Waals surface area contributed by atoms with E-state index in [0.717, 1.165) is 0 Å². The van der Waals surface area contributed by atoms with Gasteiger partial charge in [0.15, 0.2) is 0 Å². The lowest BCUT2D eigenvalue weighted by Gasteiger charge is -2.08. The maximum absolute atomic E-state index is 12.8. The van der Waals surface area contributed by atoms with Crippen molar-refractivity contribution < 1.29 is 9.13 Å². The maximum atomic E-state index is 12.8. The molecule has 0 saturated heterocycles. The van der Waals surface area contributed by atoms with Gasteiger partial charge < -0.3 is 10.5 Å². The molecular weight excluding hydrogens is 225 g/mol. The predicted molar refractivity (Wildman–Crippen MR) is 48.5 cm³/mol. The lowest BCUT2D eigenvalue weighted by Crippen LogP contribution is -2.01. The molecule has 12 heavy (non-hydrogen) atoms. The standard InChI is InChI=1S/C8H9BrFNO/c1-12-8-5(4-11)2-6(10)3-7(8)9/h2-3H,4,11H2,1H3. The third-order valence-corrected chi connectivity index (χ3v) is 2.10. The monoisotopic (exact) mass is 233 g/mol. The van der Waals surface area contributed by atoms with Crippen LogP contribution in [0.15, 0.2) is 16.6 Å². The molecule has 4 heteroatoms. The Kier molecular flexibility index (Phi) is 3.05. The molecule has 2 nitrogen and oxygen atoms in total. The van der Waals surface area contributed by atoms with Gasteiger partial charge in [-0.2, -0.15) is 0 Å². The lowest BCUT2D eigenvalue weighted by atomic mass is 10.2. The van der Waals surface area contributed by atoms with Crippen LogP contribution in [-0.2, 0) is 6.54 Å². The number of hydrogen-bond donors (Lipinski definition) is 1. The van der Waals surface area contributed by atoms with Crippen LogP contribution >= 0.6 is 15.9 Å². The Labute approximate surface area is 78.6 Å². The van der Waals surface area contributed by atoms with E-state index < -0.39 is 0 Å². The van der Waals surface area contributed by atoms with Crippen LogP contribution < -0.4 is 10.5 Å². The van der Waals surface area contributed by atoms with Gasteiger partial charge in [0.2, 0.25) is 0 Å². The molecule has 66 valence electrons. The van der Waals surface area contributed by atoms with Crippen LogP contribution in [0.5, 0.6) is 5.75 Å². The van der Waals surface area contributed by atoms with Gasteiger partial charge >= 0.3 is 0 Å². The van der Waals surface area contributed by atoms with Gasteiger partial charge in [-0.3, -0.25) is 0 Å². The average Bonchev–Trinajstić information content (AvgIpc) is 2.03. The van der Waals surface area contributed by atoms with Crippen molar-refractivity contribution in [1.82, 2.24) is 0 Å². The van der Waals surface area contributed by atoms with Crippen molar-refractivity contribution in [3.05, 3.63) is 28.0 Å². The van der Waals surface area contributed by atoms with E-state index in [-0.39, 0.29) is 12.4 Å². The van der Waals surface area contributed by atoms with Crippen molar-refractivity contribution in [2.24, 2.45) is 5.73 Å². The molecule has 0 saturated carbocycles. The number of ether oxygens (including phenoxy) is 1. The van der Waals surface area contributed by atoms with Crippen LogP contribution in [0.4, 0.5) is 4.39 Å². The number of methoxy groups -OCH3 is 1. The van der Waals surface area contributed by atoms with Crippen molar-refractivity contribution in [2.45, 2.75) is 6.54 Å². The molecule has 0 radical (unpaired) electrons. The van der Waals surface area contributed by atoms with Crippen LogP contribution in [0, 0.1) is 5.82 Å². The molecule has 0 aliphatic rings. The Morgan fingerprint density at radius 2 is 2.25 bits per heavy atom. The minimum atomic E-state index is -0.317. The van der Waals surface area contributed by atoms with Crippen LogP contribution in [-0.4, -0.2) is 7.11 Å². The minimum Gasteiger partial charge on any atom is -0.495 e. The van der Waals surface area contributed by atoms with E-state index in [1.54, 1.807) is 0 Å². The molecule has 1 rings (SSSR count). The summed E-state index contributed by atoms with van der Waals surface area (Å²) in [6.45, 7) is 0.263. The van der Waals surface area contributed by atoms with Crippen molar-refractivity contribution in [3.8, 4) is 5.75 Å². The fourth-order valence-corrected chi connectivity index (χ4v) is 1.63. The third-order valence-electron chi connectivity index (χ3n) is 1.51. The molecule has 0 amide bonds. The van der Waals surface area contributed by atoms with Gasteiger partial charge in [0, 0.05) is 12.1 Å². The number of rotatable bonds is 2. The summed E-state index contributed by atoms with van der Waals surface area (Å²) in [7, 11) is 1.52. The summed E-state index contributed by atoms with van der Waals surface area (Å²) in [6.07, 6.45) is 0. The third kappa shape index (κ3) is 1.76. The second kappa shape index (κ2) is 3.87. The lowest BCUT2D eigenvalue weighted by molar-refractivity contribution is 0.405. The first-order valence-electron chi connectivity index (χ1n) is 3.41. The molecule has 0 aliphatic heterocycles. The highest BCUT2D eigenvalue weighted by molar-refractivity contribution is 9.10. The molecule has 1 aromatic rings. The molecular formula is C8H9BrFNO. The van der Waals surface area contributed by atoms with Crippen molar-refractivity contribution in [2.75, 3.05) is 7.11 Å². The van der Waals surface area contributed by atoms with E-state index in [2.05, 4.69) is 15.9 Å². The summed E-state index contributed by atoms with van der Waals surface area (Å²) in [5.74, 6) is 0.280. The Hall–Kier alpha value is -0.610. The molecule has 1 aromatic carbocycles. The number of benzene rings is 1. The predicted octanol–water partition coefficient (Wildman–Crippen LogP) is 2.06. The van der Waals surface area contributed by atoms with Gasteiger partial charge in [-0.1, -0.05) is 0 Å². The SMILES string of the molecule is COc1c(Br)cc(F)cc1CN. The van der Waals surface area contributed by atoms with Crippen LogP contribution in [0.3, 0.4) is 0 Å². The number of nitrogens with two attached hydrogens (primary N) is 1. The van der Waals surface area contributed by atoms with Crippen LogP contribution in [0.1, 0.15) is 5.56 Å². The zero-order chi connectivity index (χ0) is 9.14. The molecule has 0 aromatic heterocycles. The quantitative estimate of drug-likeness (QED) is 0.849. The first-order valence-corrected chi connectivity index (χ1v) is 4.20. The normalized spacial score (nSPS) is 10.0. The van der Waals surface area contributed by atoms with E-state index in [9.17, 15) is 4.39 Å². The molecule has 2 N–H and O–H groups in total. The zero-order valence-corrected chi connectivity index (χ0v) is 8.19. The fourth-order valence-electron chi connectivity index (χ4n) is 0.994. The van der Waals surface area contributed by atoms with Crippen LogP contribution in [0.2, 0.25) is 0 Å². The Bertz CT molecular complexity index is 291. The fraction of sp³-hybridized carbons (Fsp3) is 0.250. The second-order valence-corrected chi connectivity index (χ2v) is 3.14. The number of hydrogen-bond acceptors (Lipinski definition) is 2. The van der Waals surface area contributed by atoms with E-state index in [4.69, 9.17) is 10.5 Å². The van der Waals surface area contributed by atoms with Gasteiger partial charge in [-0.25, -0.2) is 4.39 Å². The summed E-state index contributed by atoms with van der Waals surface area (Å²) in [6, 6.07) is 2.71. The molecule has 0 aliphatic carbocycles. The first-order chi connectivity index (χ1) is 5.69. The summed E-state index contributed by atoms with van der Waals surface area (Å²) < 4.78 is 18.4. The van der Waals surface area contributed by atoms with E-state index in [1.165, 1.54) is 19.2 Å². The Balaban J connectivity index is 3.24. The molecule has 0 atom stereocenters. The van der Waals surface area contributed by atoms with Crippen molar-refractivity contribution in [3.63, 3.8) is 0 Å². The summed E-state index contributed by atoms with van der Waals surface area (Å²) >= 11 is 3.18. The maximum Gasteiger partial charge on any atom is 0.137 e. The highest BCUT2D eigenvalue weighted by atomic mass is 79.9. The minimum absolute atomic E-state index is 0.263. The topological polar surface area (TPSA) is 35.2 Å². The molecule has 0 unspecified atom stereocenters. The van der Waals surface area contributed by atoms with E-state index >= 15 is 0 Å². The molecule has 0 fully saturated rings. The van der Waals surface area contributed by atoms with Gasteiger partial charge in [0.1, 0.15) is 11.6 Å². The first kappa shape index (κ1) is 9.48. The average molecular weight is 234 g/mol. The Morgan fingerprint density at radius 3 is 2.75 bits per heavy atom. The highest BCUT2D eigenvalue weighted by Gasteiger charge is 2.07. The van der Waals surface area contributed by atoms with Gasteiger partial charge in [0.25, 0.3) is 0 Å². The smallest absolute Gasteiger partial charge is 0.137 e. The highest BCUT2D eigenvalue weighted by Crippen LogP contribution is 2.29. The van der Waals surface area contributed by atoms with Crippen molar-refractivity contribution >= 4 is 15.9 Å². The van der Waals surface area contributed by atoms with Gasteiger partial charge in [-0.05, 0) is 28.1 Å². The largest absolute Gasteiger partial charge is 0.495 e. The molecule has 0 bridgehead atoms. The zero-order valence-electron chi connectivity index (χ0n) is 6.60. The van der Waals surface area contributed by atoms with Crippen LogP contribution in [0.25, 0.3) is 0 Å². The van der Waals surface area contributed by atoms with Crippen molar-refractivity contribution in [1.29, 1.82) is 0 Å².